The summed E-state index contributed by atoms with van der Waals surface area (Å²) in [5.41, 5.74) is 1.60. The Morgan fingerprint density at radius 1 is 1.42 bits per heavy atom. The number of hydrogen-bond acceptors (Lipinski definition) is 4. The molecule has 2 heterocycles. The first-order valence-corrected chi connectivity index (χ1v) is 7.68. The quantitative estimate of drug-likeness (QED) is 0.629. The fourth-order valence-electron chi connectivity index (χ4n) is 2.62. The summed E-state index contributed by atoms with van der Waals surface area (Å²) in [6, 6.07) is 8.67. The van der Waals surface area contributed by atoms with Gasteiger partial charge in [-0.1, -0.05) is 0 Å². The molecule has 3 aromatic rings. The highest BCUT2D eigenvalue weighted by molar-refractivity contribution is 5.97. The van der Waals surface area contributed by atoms with Crippen molar-refractivity contribution < 1.29 is 14.3 Å². The van der Waals surface area contributed by atoms with E-state index in [-0.39, 0.29) is 24.1 Å². The molecule has 0 bridgehead atoms. The summed E-state index contributed by atoms with van der Waals surface area (Å²) < 4.78 is 6.72. The van der Waals surface area contributed by atoms with E-state index in [2.05, 4.69) is 10.3 Å². The van der Waals surface area contributed by atoms with Crippen LogP contribution in [0.1, 0.15) is 16.1 Å². The van der Waals surface area contributed by atoms with Crippen molar-refractivity contribution in [1.29, 1.82) is 0 Å². The van der Waals surface area contributed by atoms with Gasteiger partial charge < -0.3 is 19.8 Å². The zero-order valence-corrected chi connectivity index (χ0v) is 13.3. The molecule has 0 aliphatic heterocycles. The molecule has 0 saturated carbocycles. The molecule has 1 aromatic carbocycles. The van der Waals surface area contributed by atoms with E-state index < -0.39 is 0 Å². The Bertz CT molecular complexity index is 892. The molecular weight excluding hydrogens is 310 g/mol. The highest BCUT2D eigenvalue weighted by Gasteiger charge is 2.14. The van der Waals surface area contributed by atoms with Crippen LogP contribution in [0, 0.1) is 5.92 Å². The van der Waals surface area contributed by atoms with Gasteiger partial charge in [-0.15, -0.1) is 0 Å². The predicted molar refractivity (Wildman–Crippen MR) is 88.9 cm³/mol. The minimum Gasteiger partial charge on any atom is -0.469 e. The maximum Gasteiger partial charge on any atom is 0.326 e. The van der Waals surface area contributed by atoms with E-state index in [1.54, 1.807) is 37.6 Å². The van der Waals surface area contributed by atoms with Crippen LogP contribution >= 0.6 is 0 Å². The van der Waals surface area contributed by atoms with Gasteiger partial charge in [-0.2, -0.15) is 0 Å². The van der Waals surface area contributed by atoms with Crippen LogP contribution in [-0.2, 0) is 13.5 Å². The monoisotopic (exact) mass is 329 g/mol. The smallest absolute Gasteiger partial charge is 0.326 e. The van der Waals surface area contributed by atoms with E-state index in [0.717, 1.165) is 5.76 Å². The summed E-state index contributed by atoms with van der Waals surface area (Å²) in [7, 11) is 1.65. The lowest BCUT2D eigenvalue weighted by atomic mass is 10.0. The summed E-state index contributed by atoms with van der Waals surface area (Å²) in [4.78, 5) is 26.6. The number of aromatic nitrogens is 2. The Kier molecular flexibility index (Phi) is 4.52. The van der Waals surface area contributed by atoms with Gasteiger partial charge in [0.1, 0.15) is 5.76 Å². The Morgan fingerprint density at radius 2 is 2.25 bits per heavy atom. The second-order valence-corrected chi connectivity index (χ2v) is 5.76. The van der Waals surface area contributed by atoms with E-state index in [1.807, 2.05) is 6.07 Å². The van der Waals surface area contributed by atoms with Gasteiger partial charge in [0.15, 0.2) is 0 Å². The molecule has 0 aliphatic carbocycles. The molecule has 1 amide bonds. The van der Waals surface area contributed by atoms with Crippen molar-refractivity contribution in [2.24, 2.45) is 13.0 Å². The molecular formula is C17H19N3O4. The number of carbonyl (C=O) groups is 1. The van der Waals surface area contributed by atoms with E-state index in [0.29, 0.717) is 29.6 Å². The standard InChI is InChI=1S/C17H19N3O4/c1-20-15-8-12(4-5-14(15)19-17(20)23)16(22)18-9-11(10-21)7-13-3-2-6-24-13/h2-6,8,11,21H,7,9-10H2,1H3,(H,18,22)(H,19,23). The molecule has 0 radical (unpaired) electrons. The van der Waals surface area contributed by atoms with Gasteiger partial charge >= 0.3 is 5.69 Å². The molecule has 0 spiro atoms. The zero-order chi connectivity index (χ0) is 17.1. The largest absolute Gasteiger partial charge is 0.469 e. The molecule has 3 N–H and O–H groups in total. The lowest BCUT2D eigenvalue weighted by Gasteiger charge is -2.14. The van der Waals surface area contributed by atoms with Gasteiger partial charge in [-0.25, -0.2) is 4.79 Å². The number of H-pyrrole nitrogens is 1. The normalized spacial score (nSPS) is 12.4. The van der Waals surface area contributed by atoms with Crippen LogP contribution in [0.3, 0.4) is 0 Å². The summed E-state index contributed by atoms with van der Waals surface area (Å²) in [6.45, 7) is 0.284. The molecule has 3 rings (SSSR count). The van der Waals surface area contributed by atoms with Crippen molar-refractivity contribution in [3.63, 3.8) is 0 Å². The maximum absolute atomic E-state index is 12.3. The van der Waals surface area contributed by atoms with Gasteiger partial charge in [0, 0.05) is 38.1 Å². The number of aliphatic hydroxyl groups excluding tert-OH is 1. The first kappa shape index (κ1) is 16.1. The number of hydrogen-bond donors (Lipinski definition) is 3. The number of nitrogens with zero attached hydrogens (tertiary/aromatic N) is 1. The van der Waals surface area contributed by atoms with Gasteiger partial charge in [0.25, 0.3) is 5.91 Å². The van der Waals surface area contributed by atoms with Crippen LogP contribution in [0.25, 0.3) is 11.0 Å². The number of furan rings is 1. The number of imidazole rings is 1. The number of aryl methyl sites for hydroxylation is 1. The average Bonchev–Trinajstić information content (AvgIpc) is 3.19. The van der Waals surface area contributed by atoms with Crippen molar-refractivity contribution in [2.75, 3.05) is 13.2 Å². The number of nitrogens with one attached hydrogen (secondary N) is 2. The van der Waals surface area contributed by atoms with Crippen molar-refractivity contribution in [1.82, 2.24) is 14.9 Å². The molecule has 1 unspecified atom stereocenters. The molecule has 7 nitrogen and oxygen atoms in total. The van der Waals surface area contributed by atoms with Gasteiger partial charge in [-0.05, 0) is 30.3 Å². The Hall–Kier alpha value is -2.80. The first-order chi connectivity index (χ1) is 11.6. The van der Waals surface area contributed by atoms with Crippen molar-refractivity contribution in [3.05, 3.63) is 58.4 Å². The number of benzene rings is 1. The molecule has 1 atom stereocenters. The van der Waals surface area contributed by atoms with Crippen LogP contribution in [0.5, 0.6) is 0 Å². The summed E-state index contributed by atoms with van der Waals surface area (Å²) in [6.07, 6.45) is 2.13. The van der Waals surface area contributed by atoms with Crippen LogP contribution in [-0.4, -0.2) is 33.7 Å². The lowest BCUT2D eigenvalue weighted by Crippen LogP contribution is -2.31. The SMILES string of the molecule is Cn1c(=O)[nH]c2ccc(C(=O)NCC(CO)Cc3ccco3)cc21. The highest BCUT2D eigenvalue weighted by atomic mass is 16.3. The zero-order valence-electron chi connectivity index (χ0n) is 13.3. The van der Waals surface area contributed by atoms with Gasteiger partial charge in [0.2, 0.25) is 0 Å². The second kappa shape index (κ2) is 6.76. The second-order valence-electron chi connectivity index (χ2n) is 5.76. The maximum atomic E-state index is 12.3. The molecule has 0 fully saturated rings. The number of aromatic amines is 1. The molecule has 0 aliphatic rings. The fraction of sp³-hybridized carbons (Fsp3) is 0.294. The third-order valence-electron chi connectivity index (χ3n) is 4.05. The Morgan fingerprint density at radius 3 is 2.96 bits per heavy atom. The molecule has 2 aromatic heterocycles. The number of aliphatic hydroxyl groups is 1. The topological polar surface area (TPSA) is 100 Å². The Balaban J connectivity index is 1.67. The van der Waals surface area contributed by atoms with Crippen LogP contribution < -0.4 is 11.0 Å². The Labute approximate surface area is 137 Å². The number of carbonyl (C=O) groups excluding carboxylic acids is 1. The minimum atomic E-state index is -0.247. The molecule has 0 saturated heterocycles. The highest BCUT2D eigenvalue weighted by Crippen LogP contribution is 2.13. The van der Waals surface area contributed by atoms with E-state index in [1.165, 1.54) is 4.57 Å². The average molecular weight is 329 g/mol. The molecule has 7 heteroatoms. The van der Waals surface area contributed by atoms with E-state index in [4.69, 9.17) is 4.42 Å². The first-order valence-electron chi connectivity index (χ1n) is 7.68. The van der Waals surface area contributed by atoms with Gasteiger partial charge in [0.05, 0.1) is 17.3 Å². The lowest BCUT2D eigenvalue weighted by molar-refractivity contribution is 0.0939. The number of fused-ring (bicyclic) bond motifs is 1. The van der Waals surface area contributed by atoms with E-state index >= 15 is 0 Å². The molecule has 24 heavy (non-hydrogen) atoms. The number of amides is 1. The van der Waals surface area contributed by atoms with Crippen LogP contribution in [0.2, 0.25) is 0 Å². The van der Waals surface area contributed by atoms with Gasteiger partial charge in [-0.3, -0.25) is 9.36 Å². The fourth-order valence-corrected chi connectivity index (χ4v) is 2.62. The summed E-state index contributed by atoms with van der Waals surface area (Å²) in [5, 5.41) is 12.3. The molecule has 126 valence electrons. The summed E-state index contributed by atoms with van der Waals surface area (Å²) in [5.74, 6) is 0.399. The summed E-state index contributed by atoms with van der Waals surface area (Å²) >= 11 is 0. The third-order valence-corrected chi connectivity index (χ3v) is 4.05. The minimum absolute atomic E-state index is 0.0493. The van der Waals surface area contributed by atoms with Crippen molar-refractivity contribution in [3.8, 4) is 0 Å². The van der Waals surface area contributed by atoms with Crippen LogP contribution in [0.15, 0.2) is 45.8 Å². The van der Waals surface area contributed by atoms with Crippen molar-refractivity contribution >= 4 is 16.9 Å². The van der Waals surface area contributed by atoms with E-state index in [9.17, 15) is 14.7 Å². The predicted octanol–water partition coefficient (Wildman–Crippen LogP) is 1.04. The third kappa shape index (κ3) is 3.26. The van der Waals surface area contributed by atoms with Crippen LogP contribution in [0.4, 0.5) is 0 Å². The van der Waals surface area contributed by atoms with Crippen molar-refractivity contribution in [2.45, 2.75) is 6.42 Å². The number of rotatable bonds is 6.